The summed E-state index contributed by atoms with van der Waals surface area (Å²) in [6.45, 7) is 2.75. The maximum Gasteiger partial charge on any atom is 0.164 e. The van der Waals surface area contributed by atoms with E-state index in [1.807, 2.05) is 24.3 Å². The van der Waals surface area contributed by atoms with E-state index in [1.165, 1.54) is 13.2 Å². The molecule has 0 amide bonds. The first kappa shape index (κ1) is 17.6. The van der Waals surface area contributed by atoms with Gasteiger partial charge in [0.15, 0.2) is 11.5 Å². The Morgan fingerprint density at radius 3 is 2.42 bits per heavy atom. The number of phenolic OH excluding ortho intramolecular Hbond substituents is 1. The van der Waals surface area contributed by atoms with Crippen LogP contribution in [0.5, 0.6) is 23.0 Å². The lowest BCUT2D eigenvalue weighted by Crippen LogP contribution is -2.03. The number of phenols is 1. The first-order valence-corrected chi connectivity index (χ1v) is 8.27. The van der Waals surface area contributed by atoms with Crippen LogP contribution in [0.4, 0.5) is 0 Å². The highest BCUT2D eigenvalue weighted by atomic mass is 16.5. The van der Waals surface area contributed by atoms with Gasteiger partial charge in [-0.25, -0.2) is 4.68 Å². The zero-order valence-corrected chi connectivity index (χ0v) is 15.0. The second-order valence-electron chi connectivity index (χ2n) is 5.60. The van der Waals surface area contributed by atoms with Gasteiger partial charge in [-0.05, 0) is 30.7 Å². The van der Waals surface area contributed by atoms with Crippen molar-refractivity contribution in [1.29, 1.82) is 0 Å². The van der Waals surface area contributed by atoms with Gasteiger partial charge in [0, 0.05) is 17.7 Å². The van der Waals surface area contributed by atoms with Crippen LogP contribution in [0.25, 0.3) is 16.9 Å². The first-order valence-electron chi connectivity index (χ1n) is 8.27. The van der Waals surface area contributed by atoms with Gasteiger partial charge in [-0.3, -0.25) is 0 Å². The molecule has 3 rings (SSSR count). The second-order valence-corrected chi connectivity index (χ2v) is 5.60. The summed E-state index contributed by atoms with van der Waals surface area (Å²) >= 11 is 0. The van der Waals surface area contributed by atoms with Crippen LogP contribution in [-0.4, -0.2) is 40.9 Å². The Hall–Kier alpha value is -3.22. The molecule has 0 aliphatic heterocycles. The van der Waals surface area contributed by atoms with E-state index in [1.54, 1.807) is 24.1 Å². The average molecular weight is 355 g/mol. The molecule has 0 aliphatic rings. The van der Waals surface area contributed by atoms with Crippen LogP contribution in [0.15, 0.2) is 42.6 Å². The molecule has 7 nitrogen and oxygen atoms in total. The fourth-order valence-corrected chi connectivity index (χ4v) is 2.58. The minimum Gasteiger partial charge on any atom is -0.504 e. The van der Waals surface area contributed by atoms with Crippen molar-refractivity contribution in [3.8, 4) is 39.9 Å². The Kier molecular flexibility index (Phi) is 5.26. The van der Waals surface area contributed by atoms with E-state index in [2.05, 4.69) is 17.2 Å². The van der Waals surface area contributed by atoms with E-state index in [9.17, 15) is 5.11 Å². The molecular formula is C19H21N3O4. The molecule has 3 aromatic rings. The summed E-state index contributed by atoms with van der Waals surface area (Å²) in [6, 6.07) is 10.8. The number of rotatable bonds is 7. The number of hydrogen-bond acceptors (Lipinski definition) is 6. The second kappa shape index (κ2) is 7.77. The van der Waals surface area contributed by atoms with E-state index in [4.69, 9.17) is 14.2 Å². The molecule has 1 heterocycles. The number of nitrogens with zero attached hydrogens (tertiary/aromatic N) is 3. The molecule has 0 bridgehead atoms. The molecule has 0 aliphatic carbocycles. The predicted octanol–water partition coefficient (Wildman–Crippen LogP) is 3.45. The lowest BCUT2D eigenvalue weighted by molar-refractivity contribution is 0.317. The van der Waals surface area contributed by atoms with Crippen LogP contribution < -0.4 is 14.2 Å². The van der Waals surface area contributed by atoms with Crippen LogP contribution in [0.1, 0.15) is 13.3 Å². The predicted molar refractivity (Wildman–Crippen MR) is 97.3 cm³/mol. The zero-order valence-electron chi connectivity index (χ0n) is 15.0. The van der Waals surface area contributed by atoms with Crippen molar-refractivity contribution >= 4 is 0 Å². The molecule has 0 unspecified atom stereocenters. The molecule has 0 spiro atoms. The normalized spacial score (nSPS) is 10.6. The molecule has 0 saturated heterocycles. The van der Waals surface area contributed by atoms with Crippen molar-refractivity contribution in [2.75, 3.05) is 20.8 Å². The van der Waals surface area contributed by atoms with Crippen molar-refractivity contribution in [3.63, 3.8) is 0 Å². The van der Waals surface area contributed by atoms with E-state index in [0.29, 0.717) is 23.8 Å². The highest BCUT2D eigenvalue weighted by Gasteiger charge is 2.17. The smallest absolute Gasteiger partial charge is 0.164 e. The summed E-state index contributed by atoms with van der Waals surface area (Å²) in [4.78, 5) is 0. The van der Waals surface area contributed by atoms with E-state index >= 15 is 0 Å². The highest BCUT2D eigenvalue weighted by Crippen LogP contribution is 2.37. The summed E-state index contributed by atoms with van der Waals surface area (Å²) in [6.07, 6.45) is 2.61. The van der Waals surface area contributed by atoms with Gasteiger partial charge >= 0.3 is 0 Å². The molecule has 1 aromatic heterocycles. The molecule has 1 N–H and O–H groups in total. The quantitative estimate of drug-likeness (QED) is 0.699. The number of benzene rings is 2. The summed E-state index contributed by atoms with van der Waals surface area (Å²) in [7, 11) is 3.03. The van der Waals surface area contributed by atoms with Crippen molar-refractivity contribution in [3.05, 3.63) is 42.6 Å². The molecule has 0 radical (unpaired) electrons. The summed E-state index contributed by atoms with van der Waals surface area (Å²) in [5, 5.41) is 18.3. The number of methoxy groups -OCH3 is 2. The third-order valence-corrected chi connectivity index (χ3v) is 3.88. The van der Waals surface area contributed by atoms with Gasteiger partial charge in [0.05, 0.1) is 32.7 Å². The van der Waals surface area contributed by atoms with Gasteiger partial charge in [0.2, 0.25) is 0 Å². The van der Waals surface area contributed by atoms with E-state index in [0.717, 1.165) is 23.4 Å². The maximum atomic E-state index is 10.1. The van der Waals surface area contributed by atoms with Gasteiger partial charge in [-0.2, -0.15) is 0 Å². The van der Waals surface area contributed by atoms with Crippen LogP contribution >= 0.6 is 0 Å². The van der Waals surface area contributed by atoms with Crippen molar-refractivity contribution in [2.45, 2.75) is 13.3 Å². The summed E-state index contributed by atoms with van der Waals surface area (Å²) in [5.41, 5.74) is 2.23. The molecule has 26 heavy (non-hydrogen) atoms. The highest BCUT2D eigenvalue weighted by molar-refractivity contribution is 5.65. The summed E-state index contributed by atoms with van der Waals surface area (Å²) < 4.78 is 17.8. The molecular weight excluding hydrogens is 334 g/mol. The molecule has 0 saturated carbocycles. The fourth-order valence-electron chi connectivity index (χ4n) is 2.58. The van der Waals surface area contributed by atoms with Crippen LogP contribution in [-0.2, 0) is 0 Å². The molecule has 0 fully saturated rings. The average Bonchev–Trinajstić information content (AvgIpc) is 3.16. The van der Waals surface area contributed by atoms with E-state index < -0.39 is 0 Å². The standard InChI is InChI=1S/C19H21N3O4/c1-4-9-26-14-7-5-13(6-8-14)16-12-20-21-22(16)15-10-17(23)19(25-3)11-18(15)24-2/h5-8,10-12,23H,4,9H2,1-3H3. The topological polar surface area (TPSA) is 78.6 Å². The number of aromatic nitrogens is 3. The number of aromatic hydroxyl groups is 1. The fraction of sp³-hybridized carbons (Fsp3) is 0.263. The van der Waals surface area contributed by atoms with Gasteiger partial charge in [-0.15, -0.1) is 5.10 Å². The lowest BCUT2D eigenvalue weighted by Gasteiger charge is -2.13. The minimum atomic E-state index is -0.00642. The molecule has 0 atom stereocenters. The zero-order chi connectivity index (χ0) is 18.5. The first-order chi connectivity index (χ1) is 12.7. The number of ether oxygens (including phenoxy) is 3. The van der Waals surface area contributed by atoms with Crippen LogP contribution in [0.3, 0.4) is 0 Å². The van der Waals surface area contributed by atoms with Crippen molar-refractivity contribution in [2.24, 2.45) is 0 Å². The van der Waals surface area contributed by atoms with E-state index in [-0.39, 0.29) is 5.75 Å². The lowest BCUT2D eigenvalue weighted by atomic mass is 10.1. The monoisotopic (exact) mass is 355 g/mol. The SMILES string of the molecule is CCCOc1ccc(-c2cnnn2-c2cc(O)c(OC)cc2OC)cc1. The maximum absolute atomic E-state index is 10.1. The van der Waals surface area contributed by atoms with Gasteiger partial charge in [-0.1, -0.05) is 12.1 Å². The van der Waals surface area contributed by atoms with Gasteiger partial charge in [0.25, 0.3) is 0 Å². The van der Waals surface area contributed by atoms with Crippen molar-refractivity contribution < 1.29 is 19.3 Å². The number of hydrogen-bond donors (Lipinski definition) is 1. The molecule has 136 valence electrons. The van der Waals surface area contributed by atoms with Crippen LogP contribution in [0, 0.1) is 0 Å². The summed E-state index contributed by atoms with van der Waals surface area (Å²) in [5.74, 6) is 1.64. The van der Waals surface area contributed by atoms with Crippen LogP contribution in [0.2, 0.25) is 0 Å². The Labute approximate surface area is 151 Å². The Morgan fingerprint density at radius 2 is 1.77 bits per heavy atom. The molecule has 2 aromatic carbocycles. The van der Waals surface area contributed by atoms with Gasteiger partial charge in [0.1, 0.15) is 17.2 Å². The van der Waals surface area contributed by atoms with Crippen molar-refractivity contribution in [1.82, 2.24) is 15.0 Å². The Bertz CT molecular complexity index is 875. The Morgan fingerprint density at radius 1 is 1.04 bits per heavy atom. The largest absolute Gasteiger partial charge is 0.504 e. The third kappa shape index (κ3) is 3.42. The third-order valence-electron chi connectivity index (χ3n) is 3.88. The van der Waals surface area contributed by atoms with Gasteiger partial charge < -0.3 is 19.3 Å². The Balaban J connectivity index is 2.00. The minimum absolute atomic E-state index is 0.00642. The molecule has 7 heteroatoms.